The summed E-state index contributed by atoms with van der Waals surface area (Å²) in [6.45, 7) is 6.37. The minimum atomic E-state index is -0.173. The number of anilines is 1. The molecule has 0 radical (unpaired) electrons. The van der Waals surface area contributed by atoms with Gasteiger partial charge in [-0.1, -0.05) is 12.1 Å². The number of likely N-dealkylation sites (tertiary alicyclic amines) is 1. The number of aromatic nitrogens is 2. The van der Waals surface area contributed by atoms with Crippen LogP contribution >= 0.6 is 0 Å². The molecule has 1 amide bonds. The molecule has 6 heteroatoms. The van der Waals surface area contributed by atoms with E-state index >= 15 is 0 Å². The molecule has 1 aromatic heterocycles. The molecule has 1 fully saturated rings. The molecule has 0 saturated carbocycles. The number of amides is 1. The third kappa shape index (κ3) is 4.82. The van der Waals surface area contributed by atoms with Crippen molar-refractivity contribution >= 4 is 11.6 Å². The minimum Gasteiger partial charge on any atom is -0.381 e. The first-order chi connectivity index (χ1) is 12.1. The predicted molar refractivity (Wildman–Crippen MR) is 98.9 cm³/mol. The average molecular weight is 341 g/mol. The molecule has 1 aliphatic heterocycles. The maximum atomic E-state index is 11.4. The number of carbonyl (C=O) groups is 1. The number of piperidine rings is 1. The Morgan fingerprint density at radius 2 is 2.28 bits per heavy atom. The first kappa shape index (κ1) is 17.5. The molecule has 6 nitrogen and oxygen atoms in total. The van der Waals surface area contributed by atoms with Crippen LogP contribution in [0.5, 0.6) is 0 Å². The SMILES string of the molecule is CCn1cc(CNc2cccc(CN3CCC[C@@H](C(N)=O)C3)c2)cn1. The van der Waals surface area contributed by atoms with Gasteiger partial charge in [0, 0.05) is 43.6 Å². The van der Waals surface area contributed by atoms with E-state index in [9.17, 15) is 4.79 Å². The number of aryl methyl sites for hydroxylation is 1. The summed E-state index contributed by atoms with van der Waals surface area (Å²) in [5.74, 6) is -0.182. The Hall–Kier alpha value is -2.34. The Morgan fingerprint density at radius 3 is 3.04 bits per heavy atom. The summed E-state index contributed by atoms with van der Waals surface area (Å²) in [5, 5.41) is 7.75. The standard InChI is InChI=1S/C19H27N5O/c1-2-24-13-16(11-22-24)10-21-18-7-3-5-15(9-18)12-23-8-4-6-17(14-23)19(20)25/h3,5,7,9,11,13,17,21H,2,4,6,8,10,12,14H2,1H3,(H2,20,25)/t17-/m1/s1. The van der Waals surface area contributed by atoms with Crippen molar-refractivity contribution in [2.45, 2.75) is 39.4 Å². The molecule has 1 aliphatic rings. The summed E-state index contributed by atoms with van der Waals surface area (Å²) < 4.78 is 1.93. The molecular formula is C19H27N5O. The third-order valence-corrected chi connectivity index (χ3v) is 4.75. The number of nitrogens with two attached hydrogens (primary N) is 1. The van der Waals surface area contributed by atoms with Crippen LogP contribution in [0.1, 0.15) is 30.9 Å². The summed E-state index contributed by atoms with van der Waals surface area (Å²) >= 11 is 0. The summed E-state index contributed by atoms with van der Waals surface area (Å²) in [6.07, 6.45) is 5.92. The van der Waals surface area contributed by atoms with E-state index in [1.54, 1.807) is 0 Å². The second kappa shape index (κ2) is 8.16. The van der Waals surface area contributed by atoms with E-state index in [0.717, 1.165) is 51.3 Å². The van der Waals surface area contributed by atoms with Gasteiger partial charge in [0.1, 0.15) is 0 Å². The van der Waals surface area contributed by atoms with E-state index in [-0.39, 0.29) is 11.8 Å². The first-order valence-electron chi connectivity index (χ1n) is 9.00. The molecule has 1 aromatic carbocycles. The Kier molecular flexibility index (Phi) is 5.71. The van der Waals surface area contributed by atoms with Gasteiger partial charge in [-0.25, -0.2) is 0 Å². The molecule has 25 heavy (non-hydrogen) atoms. The van der Waals surface area contributed by atoms with Gasteiger partial charge < -0.3 is 11.1 Å². The molecule has 2 aromatic rings. The molecule has 3 rings (SSSR count). The van der Waals surface area contributed by atoms with E-state index in [1.165, 1.54) is 11.1 Å². The fraction of sp³-hybridized carbons (Fsp3) is 0.474. The normalized spacial score (nSPS) is 18.2. The van der Waals surface area contributed by atoms with Gasteiger partial charge in [-0.3, -0.25) is 14.4 Å². The van der Waals surface area contributed by atoms with E-state index in [2.05, 4.69) is 52.7 Å². The average Bonchev–Trinajstić information content (AvgIpc) is 3.09. The zero-order valence-corrected chi connectivity index (χ0v) is 14.8. The van der Waals surface area contributed by atoms with Gasteiger partial charge in [-0.2, -0.15) is 5.10 Å². The molecule has 0 aliphatic carbocycles. The largest absolute Gasteiger partial charge is 0.381 e. The van der Waals surface area contributed by atoms with Gasteiger partial charge in [0.2, 0.25) is 5.91 Å². The second-order valence-corrected chi connectivity index (χ2v) is 6.73. The summed E-state index contributed by atoms with van der Waals surface area (Å²) in [5.41, 5.74) is 9.00. The molecule has 3 N–H and O–H groups in total. The molecule has 0 bridgehead atoms. The van der Waals surface area contributed by atoms with Gasteiger partial charge in [0.05, 0.1) is 12.1 Å². The van der Waals surface area contributed by atoms with Crippen molar-refractivity contribution in [3.05, 3.63) is 47.8 Å². The number of hydrogen-bond donors (Lipinski definition) is 2. The number of primary amides is 1. The van der Waals surface area contributed by atoms with Gasteiger partial charge in [-0.05, 0) is 44.0 Å². The van der Waals surface area contributed by atoms with E-state index in [0.29, 0.717) is 0 Å². The lowest BCUT2D eigenvalue weighted by Gasteiger charge is -2.31. The van der Waals surface area contributed by atoms with Gasteiger partial charge in [-0.15, -0.1) is 0 Å². The smallest absolute Gasteiger partial charge is 0.221 e. The second-order valence-electron chi connectivity index (χ2n) is 6.73. The van der Waals surface area contributed by atoms with Crippen molar-refractivity contribution in [1.82, 2.24) is 14.7 Å². The van der Waals surface area contributed by atoms with E-state index < -0.39 is 0 Å². The van der Waals surface area contributed by atoms with Crippen LogP contribution in [0.25, 0.3) is 0 Å². The van der Waals surface area contributed by atoms with Crippen LogP contribution in [0.4, 0.5) is 5.69 Å². The van der Waals surface area contributed by atoms with Crippen LogP contribution in [0.3, 0.4) is 0 Å². The highest BCUT2D eigenvalue weighted by Crippen LogP contribution is 2.20. The molecule has 0 unspecified atom stereocenters. The Balaban J connectivity index is 1.56. The van der Waals surface area contributed by atoms with Crippen LogP contribution in [-0.4, -0.2) is 33.7 Å². The molecule has 1 atom stereocenters. The lowest BCUT2D eigenvalue weighted by molar-refractivity contribution is -0.123. The number of rotatable bonds is 7. The Labute approximate surface area is 149 Å². The van der Waals surface area contributed by atoms with Crippen molar-refractivity contribution in [2.24, 2.45) is 11.7 Å². The lowest BCUT2D eigenvalue weighted by atomic mass is 9.97. The number of benzene rings is 1. The molecule has 2 heterocycles. The fourth-order valence-corrected chi connectivity index (χ4v) is 3.34. The highest BCUT2D eigenvalue weighted by molar-refractivity contribution is 5.76. The number of nitrogens with zero attached hydrogens (tertiary/aromatic N) is 3. The van der Waals surface area contributed by atoms with Gasteiger partial charge in [0.15, 0.2) is 0 Å². The molecule has 134 valence electrons. The van der Waals surface area contributed by atoms with Crippen LogP contribution in [-0.2, 0) is 24.4 Å². The van der Waals surface area contributed by atoms with Gasteiger partial charge in [0.25, 0.3) is 0 Å². The maximum absolute atomic E-state index is 11.4. The van der Waals surface area contributed by atoms with Crippen LogP contribution < -0.4 is 11.1 Å². The molecule has 1 saturated heterocycles. The van der Waals surface area contributed by atoms with E-state index in [1.807, 2.05) is 10.9 Å². The Morgan fingerprint density at radius 1 is 1.40 bits per heavy atom. The van der Waals surface area contributed by atoms with Gasteiger partial charge >= 0.3 is 0 Å². The highest BCUT2D eigenvalue weighted by Gasteiger charge is 2.23. The summed E-state index contributed by atoms with van der Waals surface area (Å²) in [6, 6.07) is 8.46. The van der Waals surface area contributed by atoms with Crippen molar-refractivity contribution in [3.63, 3.8) is 0 Å². The molecular weight excluding hydrogens is 314 g/mol. The van der Waals surface area contributed by atoms with Crippen molar-refractivity contribution in [1.29, 1.82) is 0 Å². The fourth-order valence-electron chi connectivity index (χ4n) is 3.34. The topological polar surface area (TPSA) is 76.2 Å². The quantitative estimate of drug-likeness (QED) is 0.809. The lowest BCUT2D eigenvalue weighted by Crippen LogP contribution is -2.40. The predicted octanol–water partition coefficient (Wildman–Crippen LogP) is 2.21. The summed E-state index contributed by atoms with van der Waals surface area (Å²) in [7, 11) is 0. The van der Waals surface area contributed by atoms with Crippen molar-refractivity contribution in [3.8, 4) is 0 Å². The van der Waals surface area contributed by atoms with Crippen LogP contribution in [0.15, 0.2) is 36.7 Å². The monoisotopic (exact) mass is 341 g/mol. The van der Waals surface area contributed by atoms with Crippen molar-refractivity contribution in [2.75, 3.05) is 18.4 Å². The van der Waals surface area contributed by atoms with E-state index in [4.69, 9.17) is 5.73 Å². The number of hydrogen-bond acceptors (Lipinski definition) is 4. The van der Waals surface area contributed by atoms with Crippen molar-refractivity contribution < 1.29 is 4.79 Å². The Bertz CT molecular complexity index is 711. The maximum Gasteiger partial charge on any atom is 0.221 e. The zero-order valence-electron chi connectivity index (χ0n) is 14.8. The zero-order chi connectivity index (χ0) is 17.6. The minimum absolute atomic E-state index is 0.00911. The first-order valence-corrected chi connectivity index (χ1v) is 9.00. The molecule has 0 spiro atoms. The van der Waals surface area contributed by atoms with Crippen LogP contribution in [0, 0.1) is 5.92 Å². The summed E-state index contributed by atoms with van der Waals surface area (Å²) in [4.78, 5) is 13.8. The van der Waals surface area contributed by atoms with Crippen LogP contribution in [0.2, 0.25) is 0 Å². The number of carbonyl (C=O) groups excluding carboxylic acids is 1. The third-order valence-electron chi connectivity index (χ3n) is 4.75. The highest BCUT2D eigenvalue weighted by atomic mass is 16.1. The number of nitrogens with one attached hydrogen (secondary N) is 1.